The molecule has 0 saturated heterocycles. The first-order valence-corrected chi connectivity index (χ1v) is 12.6. The van der Waals surface area contributed by atoms with Crippen molar-refractivity contribution in [1.82, 2.24) is 5.16 Å². The zero-order valence-corrected chi connectivity index (χ0v) is 24.5. The van der Waals surface area contributed by atoms with Crippen molar-refractivity contribution in [1.29, 1.82) is 0 Å². The van der Waals surface area contributed by atoms with Crippen LogP contribution in [0.25, 0.3) is 33.2 Å². The number of hydrogen-bond donors (Lipinski definition) is 1. The van der Waals surface area contributed by atoms with Gasteiger partial charge in [0.25, 0.3) is 0 Å². The van der Waals surface area contributed by atoms with E-state index in [-0.39, 0.29) is 37.6 Å². The van der Waals surface area contributed by atoms with E-state index < -0.39 is 5.97 Å². The van der Waals surface area contributed by atoms with E-state index in [1.165, 1.54) is 0 Å². The molecule has 5 rings (SSSR count). The Labute approximate surface area is 254 Å². The summed E-state index contributed by atoms with van der Waals surface area (Å²) in [5.74, 6) is 0.509. The van der Waals surface area contributed by atoms with E-state index in [1.807, 2.05) is 48.5 Å². The minimum atomic E-state index is -0.935. The first-order valence-electron chi connectivity index (χ1n) is 11.9. The van der Waals surface area contributed by atoms with Gasteiger partial charge in [-0.15, -0.1) is 0 Å². The fourth-order valence-electron chi connectivity index (χ4n) is 4.38. The van der Waals surface area contributed by atoms with Crippen molar-refractivity contribution in [3.63, 3.8) is 0 Å². The number of fused-ring (bicyclic) bond motifs is 1. The molecule has 0 unspecified atom stereocenters. The van der Waals surface area contributed by atoms with Crippen molar-refractivity contribution < 1.29 is 50.1 Å². The first-order chi connectivity index (χ1) is 18.0. The zero-order chi connectivity index (χ0) is 25.9. The third kappa shape index (κ3) is 5.78. The number of hydrogen-bond acceptors (Lipinski definition) is 4. The predicted octanol–water partition coefficient (Wildman–Crippen LogP) is 5.81. The molecule has 0 spiro atoms. The van der Waals surface area contributed by atoms with Crippen LogP contribution in [0.5, 0.6) is 5.75 Å². The van der Waals surface area contributed by atoms with Gasteiger partial charge in [-0.3, -0.25) is 0 Å². The van der Waals surface area contributed by atoms with Crippen LogP contribution in [0, 0.1) is 0 Å². The molecule has 0 radical (unpaired) electrons. The number of nitrogens with zero attached hydrogens (tertiary/aromatic N) is 1. The Balaban J connectivity index is 0.00000210. The molecule has 4 aromatic carbocycles. The molecule has 0 bridgehead atoms. The van der Waals surface area contributed by atoms with Crippen LogP contribution in [0.4, 0.5) is 0 Å². The number of benzene rings is 4. The van der Waals surface area contributed by atoms with Gasteiger partial charge in [0.1, 0.15) is 23.8 Å². The minimum absolute atomic E-state index is 0. The third-order valence-corrected chi connectivity index (χ3v) is 6.86. The zero-order valence-electron chi connectivity index (χ0n) is 22.0. The first kappa shape index (κ1) is 28.2. The quantitative estimate of drug-likeness (QED) is 0.244. The molecular weight excluding hydrogens is 532 g/mol. The van der Waals surface area contributed by atoms with Gasteiger partial charge < -0.3 is 15.8 Å². The van der Waals surface area contributed by atoms with E-state index in [9.17, 15) is 9.90 Å². The molecule has 1 N–H and O–H groups in total. The Hall–Kier alpha value is -2.80. The average molecular weight is 556 g/mol. The molecule has 0 amide bonds. The molecule has 0 saturated carbocycles. The summed E-state index contributed by atoms with van der Waals surface area (Å²) in [6.45, 7) is 2.33. The number of halogens is 2. The number of carboxylic acids is 1. The van der Waals surface area contributed by atoms with Crippen LogP contribution in [0.2, 0.25) is 10.0 Å². The Kier molecular flexibility index (Phi) is 9.19. The van der Waals surface area contributed by atoms with Crippen molar-refractivity contribution in [2.24, 2.45) is 0 Å². The number of ether oxygens (including phenoxy) is 1. The molecule has 0 fully saturated rings. The summed E-state index contributed by atoms with van der Waals surface area (Å²) in [4.78, 5) is 11.5. The summed E-state index contributed by atoms with van der Waals surface area (Å²) in [7, 11) is 0. The SMILES string of the molecule is CCCc1onc(-c2c(Cl)cccc2Cl)c1COc1ccc(-c2ccc3c(C(=O)O)cccc3c2)cc1.[H-].[Na+]. The number of carbonyl (C=O) groups is 1. The Morgan fingerprint density at radius 1 is 0.974 bits per heavy atom. The molecule has 1 aromatic heterocycles. The van der Waals surface area contributed by atoms with Crippen molar-refractivity contribution in [2.45, 2.75) is 26.4 Å². The van der Waals surface area contributed by atoms with E-state index in [1.54, 1.807) is 30.3 Å². The van der Waals surface area contributed by atoms with Crippen molar-refractivity contribution in [3.05, 3.63) is 106 Å². The van der Waals surface area contributed by atoms with Gasteiger partial charge >= 0.3 is 35.5 Å². The van der Waals surface area contributed by atoms with E-state index >= 15 is 0 Å². The van der Waals surface area contributed by atoms with Gasteiger partial charge in [-0.2, -0.15) is 0 Å². The van der Waals surface area contributed by atoms with Crippen molar-refractivity contribution >= 4 is 39.9 Å². The van der Waals surface area contributed by atoms with E-state index in [0.717, 1.165) is 40.7 Å². The molecule has 0 aliphatic heterocycles. The largest absolute Gasteiger partial charge is 1.00 e. The van der Waals surface area contributed by atoms with E-state index in [4.69, 9.17) is 32.5 Å². The standard InChI is InChI=1S/C30H23Cl2NO4.Na.H/c1-2-5-27-24(29(33-37-27)28-25(31)8-4-9-26(28)32)17-36-21-13-10-18(11-14-21)19-12-15-22-20(16-19)6-3-7-23(22)30(34)35;;/h3-4,6-16H,2,5,17H2,1H3,(H,34,35);;/q;+1;-1. The number of carboxylic acid groups (broad SMARTS) is 1. The Morgan fingerprint density at radius 2 is 1.66 bits per heavy atom. The van der Waals surface area contributed by atoms with Gasteiger partial charge in [-0.1, -0.05) is 77.7 Å². The number of rotatable bonds is 8. The minimum Gasteiger partial charge on any atom is -1.00 e. The van der Waals surface area contributed by atoms with Crippen molar-refractivity contribution in [3.8, 4) is 28.1 Å². The number of aromatic carboxylic acids is 1. The van der Waals surface area contributed by atoms with Crippen LogP contribution in [0.3, 0.4) is 0 Å². The maximum atomic E-state index is 11.5. The van der Waals surface area contributed by atoms with Gasteiger partial charge in [0.15, 0.2) is 0 Å². The summed E-state index contributed by atoms with van der Waals surface area (Å²) >= 11 is 12.9. The molecule has 0 aliphatic rings. The second-order valence-electron chi connectivity index (χ2n) is 8.64. The number of aromatic nitrogens is 1. The third-order valence-electron chi connectivity index (χ3n) is 6.23. The van der Waals surface area contributed by atoms with E-state index in [0.29, 0.717) is 38.0 Å². The van der Waals surface area contributed by atoms with Crippen LogP contribution >= 0.6 is 23.2 Å². The second-order valence-corrected chi connectivity index (χ2v) is 9.45. The van der Waals surface area contributed by atoms with Gasteiger partial charge in [0, 0.05) is 12.0 Å². The van der Waals surface area contributed by atoms with E-state index in [2.05, 4.69) is 12.1 Å². The fraction of sp³-hybridized carbons (Fsp3) is 0.133. The Bertz CT molecular complexity index is 1580. The fourth-order valence-corrected chi connectivity index (χ4v) is 4.96. The van der Waals surface area contributed by atoms with Crippen LogP contribution in [0.15, 0.2) is 83.4 Å². The average Bonchev–Trinajstić information content (AvgIpc) is 3.29. The maximum absolute atomic E-state index is 11.5. The van der Waals surface area contributed by atoms with Gasteiger partial charge in [0.2, 0.25) is 0 Å². The van der Waals surface area contributed by atoms with Crippen LogP contribution in [0.1, 0.15) is 36.5 Å². The van der Waals surface area contributed by atoms with Gasteiger partial charge in [-0.05, 0) is 64.7 Å². The maximum Gasteiger partial charge on any atom is 1.00 e. The molecule has 1 heterocycles. The molecule has 8 heteroatoms. The monoisotopic (exact) mass is 555 g/mol. The smallest absolute Gasteiger partial charge is 1.00 e. The summed E-state index contributed by atoms with van der Waals surface area (Å²) in [5, 5.41) is 16.3. The Morgan fingerprint density at radius 3 is 2.34 bits per heavy atom. The normalized spacial score (nSPS) is 10.8. The van der Waals surface area contributed by atoms with Crippen LogP contribution in [-0.4, -0.2) is 16.2 Å². The molecule has 5 nitrogen and oxygen atoms in total. The predicted molar refractivity (Wildman–Crippen MR) is 148 cm³/mol. The molecular formula is C30H24Cl2NNaO4. The summed E-state index contributed by atoms with van der Waals surface area (Å²) in [6, 6.07) is 24.2. The van der Waals surface area contributed by atoms with Crippen molar-refractivity contribution in [2.75, 3.05) is 0 Å². The van der Waals surface area contributed by atoms with Gasteiger partial charge in [0.05, 0.1) is 21.2 Å². The second kappa shape index (κ2) is 12.4. The molecule has 38 heavy (non-hydrogen) atoms. The summed E-state index contributed by atoms with van der Waals surface area (Å²) in [5.41, 5.74) is 4.32. The van der Waals surface area contributed by atoms with Crippen LogP contribution in [-0.2, 0) is 13.0 Å². The summed E-state index contributed by atoms with van der Waals surface area (Å²) in [6.07, 6.45) is 1.62. The molecule has 5 aromatic rings. The molecule has 0 atom stereocenters. The number of aryl methyl sites for hydroxylation is 1. The van der Waals surface area contributed by atoms with Crippen LogP contribution < -0.4 is 34.3 Å². The molecule has 188 valence electrons. The summed E-state index contributed by atoms with van der Waals surface area (Å²) < 4.78 is 11.8. The topological polar surface area (TPSA) is 72.6 Å². The molecule has 0 aliphatic carbocycles. The van der Waals surface area contributed by atoms with Gasteiger partial charge in [-0.25, -0.2) is 4.79 Å².